The molecule has 0 spiro atoms. The van der Waals surface area contributed by atoms with Crippen molar-refractivity contribution in [3.63, 3.8) is 0 Å². The molecule has 2 aliphatic rings. The highest BCUT2D eigenvalue weighted by Gasteiger charge is 1.72. The molecule has 212 valence electrons. The van der Waals surface area contributed by atoms with E-state index >= 15 is 0 Å². The van der Waals surface area contributed by atoms with Gasteiger partial charge in [0, 0.05) is 24.0 Å². The molecule has 0 saturated heterocycles. The Balaban J connectivity index is 0.000000234. The second kappa shape index (κ2) is 31.4. The maximum Gasteiger partial charge on any atom is 0.180 e. The van der Waals surface area contributed by atoms with Crippen LogP contribution in [0.15, 0.2) is 201 Å². The number of rotatable bonds is 0. The summed E-state index contributed by atoms with van der Waals surface area (Å²) in [6.45, 7) is 0. The molecule has 0 aromatic carbocycles. The predicted molar refractivity (Wildman–Crippen MR) is 170 cm³/mol. The van der Waals surface area contributed by atoms with Crippen molar-refractivity contribution in [3.05, 3.63) is 187 Å². The molecule has 0 amide bonds. The molecule has 0 atom stereocenters. The zero-order chi connectivity index (χ0) is 29.0. The second-order valence-electron chi connectivity index (χ2n) is 6.94. The lowest BCUT2D eigenvalue weighted by molar-refractivity contribution is 0.558. The molecule has 2 aliphatic carbocycles. The van der Waals surface area contributed by atoms with Crippen molar-refractivity contribution in [1.82, 2.24) is 15.0 Å². The highest BCUT2D eigenvalue weighted by molar-refractivity contribution is 7.07. The Labute approximate surface area is 250 Å². The van der Waals surface area contributed by atoms with Crippen LogP contribution < -0.4 is 0 Å². The molecule has 6 aromatic heterocycles. The third kappa shape index (κ3) is 29.6. The summed E-state index contributed by atoms with van der Waals surface area (Å²) < 4.78 is 13.6. The Bertz CT molecular complexity index is 957. The van der Waals surface area contributed by atoms with Crippen molar-refractivity contribution < 1.29 is 13.3 Å². The van der Waals surface area contributed by atoms with E-state index in [1.807, 2.05) is 70.7 Å². The van der Waals surface area contributed by atoms with Crippen LogP contribution in [0.5, 0.6) is 0 Å². The fraction of sp³-hybridized carbons (Fsp3) is 0.0606. The summed E-state index contributed by atoms with van der Waals surface area (Å²) in [4.78, 5) is 11.1. The van der Waals surface area contributed by atoms with E-state index in [-0.39, 0.29) is 0 Å². The van der Waals surface area contributed by atoms with Gasteiger partial charge in [-0.2, -0.15) is 11.3 Å². The van der Waals surface area contributed by atoms with E-state index in [0.717, 1.165) is 12.8 Å². The van der Waals surface area contributed by atoms with E-state index in [1.54, 1.807) is 78.0 Å². The van der Waals surface area contributed by atoms with Gasteiger partial charge in [0.1, 0.15) is 6.26 Å². The molecule has 6 heterocycles. The number of allylic oxidation sites excluding steroid dienone is 8. The summed E-state index contributed by atoms with van der Waals surface area (Å²) in [6.07, 6.45) is 35.2. The third-order valence-electron chi connectivity index (χ3n) is 3.85. The highest BCUT2D eigenvalue weighted by Crippen LogP contribution is 1.94. The zero-order valence-corrected chi connectivity index (χ0v) is 24.3. The Hall–Kier alpha value is -4.79. The van der Waals surface area contributed by atoms with Gasteiger partial charge in [0.25, 0.3) is 0 Å². The van der Waals surface area contributed by atoms with Crippen molar-refractivity contribution in [2.24, 2.45) is 0 Å². The van der Waals surface area contributed by atoms with Gasteiger partial charge in [-0.25, -0.2) is 4.98 Å². The van der Waals surface area contributed by atoms with Gasteiger partial charge < -0.3 is 13.3 Å². The summed E-state index contributed by atoms with van der Waals surface area (Å²) in [7, 11) is 0. The number of hydrogen-bond acceptors (Lipinski definition) is 8. The van der Waals surface area contributed by atoms with Crippen LogP contribution in [0, 0.1) is 0 Å². The number of hydrogen-bond donors (Lipinski definition) is 0. The minimum atomic E-state index is 1.14. The van der Waals surface area contributed by atoms with E-state index < -0.39 is 0 Å². The van der Waals surface area contributed by atoms with Crippen molar-refractivity contribution >= 4 is 22.7 Å². The van der Waals surface area contributed by atoms with Crippen LogP contribution in [0.2, 0.25) is 0 Å². The first-order valence-electron chi connectivity index (χ1n) is 12.5. The van der Waals surface area contributed by atoms with Crippen molar-refractivity contribution in [1.29, 1.82) is 0 Å². The van der Waals surface area contributed by atoms with Crippen LogP contribution in [-0.4, -0.2) is 15.0 Å². The monoisotopic (exact) mass is 585 g/mol. The molecule has 0 unspecified atom stereocenters. The van der Waals surface area contributed by atoms with Gasteiger partial charge in [-0.05, 0) is 60.0 Å². The quantitative estimate of drug-likeness (QED) is 0.176. The SMILES string of the molecule is C1=CCC=C1.C1=CCC=C1.c1ccncc1.c1ccoc1.c1ccoc1.c1ccsc1.c1cocn1.c1cscn1. The lowest BCUT2D eigenvalue weighted by Gasteiger charge is -1.70. The number of thiazole rings is 1. The van der Waals surface area contributed by atoms with Crippen LogP contribution in [0.25, 0.3) is 0 Å². The van der Waals surface area contributed by atoms with Crippen LogP contribution in [-0.2, 0) is 0 Å². The van der Waals surface area contributed by atoms with Crippen molar-refractivity contribution in [2.45, 2.75) is 12.8 Å². The molecular formula is C33H35N3O3S2. The lowest BCUT2D eigenvalue weighted by Crippen LogP contribution is -1.58. The minimum Gasteiger partial charge on any atom is -0.473 e. The zero-order valence-electron chi connectivity index (χ0n) is 22.7. The van der Waals surface area contributed by atoms with E-state index in [4.69, 9.17) is 0 Å². The molecule has 8 heteroatoms. The van der Waals surface area contributed by atoms with Gasteiger partial charge in [0.05, 0.1) is 36.8 Å². The van der Waals surface area contributed by atoms with Crippen molar-refractivity contribution in [2.75, 3.05) is 0 Å². The van der Waals surface area contributed by atoms with Crippen LogP contribution >= 0.6 is 22.7 Å². The standard InChI is InChI=1S/C5H5N.2C5H6.2C4H4O.C4H4S.C3H3NO.C3H3NS/c1-2-4-6-5-3-1;5*1-2-4-5-3-1;2*1-2-5-3-4-1/h1-5H;2*1-4H,5H2;3*1-4H;2*1-3H. The fourth-order valence-electron chi connectivity index (χ4n) is 2.13. The third-order valence-corrected chi connectivity index (χ3v) is 5.00. The topological polar surface area (TPSA) is 78.1 Å². The van der Waals surface area contributed by atoms with E-state index in [9.17, 15) is 0 Å². The number of nitrogens with zero attached hydrogens (tertiary/aromatic N) is 3. The van der Waals surface area contributed by atoms with Gasteiger partial charge >= 0.3 is 0 Å². The van der Waals surface area contributed by atoms with E-state index in [2.05, 4.69) is 76.8 Å². The predicted octanol–water partition coefficient (Wildman–Crippen LogP) is 10.2. The molecule has 0 N–H and O–H groups in total. The highest BCUT2D eigenvalue weighted by atomic mass is 32.1. The first-order valence-corrected chi connectivity index (χ1v) is 14.4. The minimum absolute atomic E-state index is 1.14. The molecule has 41 heavy (non-hydrogen) atoms. The number of thiophene rings is 1. The van der Waals surface area contributed by atoms with Gasteiger partial charge in [0.15, 0.2) is 6.39 Å². The van der Waals surface area contributed by atoms with Crippen molar-refractivity contribution in [3.8, 4) is 0 Å². The average Bonchev–Trinajstić information content (AvgIpc) is 3.92. The van der Waals surface area contributed by atoms with Gasteiger partial charge in [-0.1, -0.05) is 66.8 Å². The Morgan fingerprint density at radius 1 is 0.415 bits per heavy atom. The second-order valence-corrected chi connectivity index (χ2v) is 8.51. The van der Waals surface area contributed by atoms with Gasteiger partial charge in [0.2, 0.25) is 0 Å². The van der Waals surface area contributed by atoms with Gasteiger partial charge in [-0.3, -0.25) is 9.97 Å². The normalized spacial score (nSPS) is 10.3. The first kappa shape index (κ1) is 34.2. The number of oxazole rings is 1. The van der Waals surface area contributed by atoms with Crippen LogP contribution in [0.1, 0.15) is 12.8 Å². The maximum atomic E-state index is 4.58. The smallest absolute Gasteiger partial charge is 0.180 e. The van der Waals surface area contributed by atoms with Crippen LogP contribution in [0.3, 0.4) is 0 Å². The molecule has 0 bridgehead atoms. The lowest BCUT2D eigenvalue weighted by atomic mass is 10.5. The summed E-state index contributed by atoms with van der Waals surface area (Å²) in [5.74, 6) is 0. The summed E-state index contributed by atoms with van der Waals surface area (Å²) >= 11 is 3.31. The molecule has 6 nitrogen and oxygen atoms in total. The number of pyridine rings is 1. The maximum absolute atomic E-state index is 4.58. The molecule has 0 aliphatic heterocycles. The largest absolute Gasteiger partial charge is 0.473 e. The Morgan fingerprint density at radius 2 is 0.976 bits per heavy atom. The first-order chi connectivity index (χ1) is 20.5. The van der Waals surface area contributed by atoms with E-state index in [0.29, 0.717) is 0 Å². The summed E-state index contributed by atoms with van der Waals surface area (Å²) in [6, 6.07) is 17.1. The van der Waals surface area contributed by atoms with E-state index in [1.165, 1.54) is 12.7 Å². The molecule has 0 radical (unpaired) electrons. The average molecular weight is 586 g/mol. The van der Waals surface area contributed by atoms with Crippen LogP contribution in [0.4, 0.5) is 0 Å². The molecule has 0 fully saturated rings. The number of furan rings is 2. The molecule has 6 aromatic rings. The Kier molecular flexibility index (Phi) is 26.2. The summed E-state index contributed by atoms with van der Waals surface area (Å²) in [5, 5.41) is 6.01. The molecular weight excluding hydrogens is 551 g/mol. The summed E-state index contributed by atoms with van der Waals surface area (Å²) in [5.41, 5.74) is 1.79. The Morgan fingerprint density at radius 3 is 1.12 bits per heavy atom. The fourth-order valence-corrected chi connectivity index (χ4v) is 2.94. The molecule has 8 rings (SSSR count). The number of aromatic nitrogens is 3. The van der Waals surface area contributed by atoms with Gasteiger partial charge in [-0.15, -0.1) is 11.3 Å². The molecule has 0 saturated carbocycles.